The average Bonchev–Trinajstić information content (AvgIpc) is 1.86. The highest BCUT2D eigenvalue weighted by atomic mass is 32.1. The molecule has 5 aliphatic rings. The van der Waals surface area contributed by atoms with Crippen LogP contribution in [0.2, 0.25) is 0 Å². The lowest BCUT2D eigenvalue weighted by Gasteiger charge is -2.38. The molecule has 1 unspecified atom stereocenters. The molecule has 30 heteroatoms. The van der Waals surface area contributed by atoms with Crippen LogP contribution in [0.5, 0.6) is 0 Å². The van der Waals surface area contributed by atoms with Crippen LogP contribution in [0.3, 0.4) is 0 Å². The highest BCUT2D eigenvalue weighted by Gasteiger charge is 2.51. The van der Waals surface area contributed by atoms with Crippen LogP contribution in [0.15, 0.2) is 60.7 Å². The van der Waals surface area contributed by atoms with E-state index in [-0.39, 0.29) is 97.1 Å². The maximum absolute atomic E-state index is 14.7. The fraction of sp³-hybridized carbons (Fsp3) is 0.439. The van der Waals surface area contributed by atoms with Gasteiger partial charge in [-0.05, 0) is 110 Å². The molecule has 462 valence electrons. The van der Waals surface area contributed by atoms with E-state index in [1.165, 1.54) is 31.7 Å². The fourth-order valence-electron chi connectivity index (χ4n) is 11.6. The molecule has 6 atom stereocenters. The second kappa shape index (κ2) is 26.3. The minimum atomic E-state index is -5.94. The Morgan fingerprint density at radius 2 is 1.64 bits per heavy atom. The Kier molecular flexibility index (Phi) is 19.0. The standard InChI is InChI=1S/C57H60F4N9O15PS/c1-84-56(80)68-22-19-35-11-13-44(70(35)54(78)41(28-68)64-51(75)46-26-33-25-34(10-15-45(33)87-46)57(60,61)86(81,82)83)50(74)65-42(29-85-55(62)79)48(72)63-40(24-31-9-12-38(58)39(59)23-31)53(77)67-20-17-30(18-21-67)5-2-3-6-32-7-4-8-36-37(32)27-69(52(36)76)43-14-16-47(71)66-49(43)73/h4,7-10,12,15,23,25-26,30,35,40-44H,2,5,11,13-14,16-22,24,27-29H2,1H3,(H2,62,79)(H,63,72)(H,64,75)(H,65,74)(H,66,71,73)(H2,81,82,83)/t35-,40+,41+,42+,43?,44+/m1/s1. The van der Waals surface area contributed by atoms with E-state index < -0.39 is 133 Å². The minimum Gasteiger partial charge on any atom is -0.453 e. The van der Waals surface area contributed by atoms with Gasteiger partial charge in [0.2, 0.25) is 35.4 Å². The predicted molar refractivity (Wildman–Crippen MR) is 299 cm³/mol. The number of thiophene rings is 1. The molecule has 6 heterocycles. The Bertz CT molecular complexity index is 3570. The Labute approximate surface area is 497 Å². The number of likely N-dealkylation sites (tertiary alicyclic amines) is 1. The number of nitrogens with one attached hydrogen (secondary N) is 4. The Morgan fingerprint density at radius 1 is 0.897 bits per heavy atom. The summed E-state index contributed by atoms with van der Waals surface area (Å²) >= 11 is 0.799. The largest absolute Gasteiger partial charge is 0.453 e. The normalized spacial score (nSPS) is 20.7. The average molecular weight is 1250 g/mol. The second-order valence-electron chi connectivity index (χ2n) is 21.7. The first-order valence-electron chi connectivity index (χ1n) is 27.8. The first kappa shape index (κ1) is 63.1. The van der Waals surface area contributed by atoms with Gasteiger partial charge in [0.1, 0.15) is 36.8 Å². The number of amides is 10. The van der Waals surface area contributed by atoms with Crippen LogP contribution in [0.25, 0.3) is 10.1 Å². The zero-order valence-electron chi connectivity index (χ0n) is 46.6. The summed E-state index contributed by atoms with van der Waals surface area (Å²) in [5, 5.41) is 9.96. The quantitative estimate of drug-likeness (QED) is 0.0366. The van der Waals surface area contributed by atoms with Gasteiger partial charge in [-0.3, -0.25) is 48.2 Å². The number of fused-ring (bicyclic) bond motifs is 3. The van der Waals surface area contributed by atoms with E-state index in [2.05, 4.69) is 33.1 Å². The zero-order chi connectivity index (χ0) is 62.6. The lowest BCUT2D eigenvalue weighted by molar-refractivity contribution is -0.144. The van der Waals surface area contributed by atoms with E-state index in [0.29, 0.717) is 42.4 Å². The number of imide groups is 1. The third-order valence-electron chi connectivity index (χ3n) is 16.2. The summed E-state index contributed by atoms with van der Waals surface area (Å²) in [6, 6.07) is 4.29. The van der Waals surface area contributed by atoms with Crippen molar-refractivity contribution in [3.05, 3.63) is 105 Å². The molecule has 0 bridgehead atoms. The summed E-state index contributed by atoms with van der Waals surface area (Å²) in [6.45, 7) is -0.796. The van der Waals surface area contributed by atoms with Gasteiger partial charge in [0.05, 0.1) is 18.5 Å². The number of methoxy groups -OCH3 is 1. The number of halogens is 4. The lowest BCUT2D eigenvalue weighted by Crippen LogP contribution is -2.62. The number of piperidine rings is 2. The molecule has 24 nitrogen and oxygen atoms in total. The number of carbonyl (C=O) groups is 10. The minimum absolute atomic E-state index is 0.0146. The van der Waals surface area contributed by atoms with E-state index in [4.69, 9.17) is 15.2 Å². The van der Waals surface area contributed by atoms with Gasteiger partial charge in [0.25, 0.3) is 11.8 Å². The van der Waals surface area contributed by atoms with Crippen molar-refractivity contribution in [2.24, 2.45) is 11.7 Å². The monoisotopic (exact) mass is 1250 g/mol. The van der Waals surface area contributed by atoms with Gasteiger partial charge >= 0.3 is 25.4 Å². The number of nitrogens with zero attached hydrogens (tertiary/aromatic N) is 4. The first-order chi connectivity index (χ1) is 41.3. The number of alkyl halides is 2. The molecule has 87 heavy (non-hydrogen) atoms. The van der Waals surface area contributed by atoms with E-state index in [1.54, 1.807) is 18.2 Å². The van der Waals surface area contributed by atoms with E-state index in [1.807, 2.05) is 0 Å². The number of hydrogen-bond donors (Lipinski definition) is 7. The maximum Gasteiger partial charge on any atom is 0.409 e. The van der Waals surface area contributed by atoms with Gasteiger partial charge in [0, 0.05) is 72.9 Å². The van der Waals surface area contributed by atoms with Crippen molar-refractivity contribution in [2.45, 2.75) is 113 Å². The van der Waals surface area contributed by atoms with Gasteiger partial charge in [-0.2, -0.15) is 8.78 Å². The number of ether oxygens (including phenoxy) is 2. The molecule has 5 aliphatic heterocycles. The molecule has 8 N–H and O–H groups in total. The van der Waals surface area contributed by atoms with Crippen LogP contribution in [-0.2, 0) is 61.4 Å². The van der Waals surface area contributed by atoms with Gasteiger partial charge in [-0.1, -0.05) is 30.0 Å². The number of rotatable bonds is 16. The molecule has 4 fully saturated rings. The van der Waals surface area contributed by atoms with Crippen molar-refractivity contribution in [1.82, 2.24) is 40.9 Å². The molecule has 4 saturated heterocycles. The third-order valence-corrected chi connectivity index (χ3v) is 18.3. The number of nitrogens with two attached hydrogens (primary N) is 1. The first-order valence-corrected chi connectivity index (χ1v) is 30.2. The summed E-state index contributed by atoms with van der Waals surface area (Å²) in [5.41, 5.74) is 1.58. The topological polar surface area (TPSA) is 334 Å². The fourth-order valence-corrected chi connectivity index (χ4v) is 13.0. The number of benzene rings is 3. The Hall–Kier alpha value is -8.45. The molecule has 0 saturated carbocycles. The summed E-state index contributed by atoms with van der Waals surface area (Å²) in [6.07, 6.45) is 0.165. The van der Waals surface area contributed by atoms with Crippen molar-refractivity contribution in [2.75, 3.05) is 39.9 Å². The molecule has 1 aromatic heterocycles. The Morgan fingerprint density at radius 3 is 2.34 bits per heavy atom. The van der Waals surface area contributed by atoms with Crippen LogP contribution in [0.4, 0.5) is 27.2 Å². The van der Waals surface area contributed by atoms with Crippen molar-refractivity contribution >= 4 is 88.5 Å². The molecule has 0 aliphatic carbocycles. The molecule has 10 amide bonds. The van der Waals surface area contributed by atoms with Crippen LogP contribution in [-0.4, -0.2) is 165 Å². The summed E-state index contributed by atoms with van der Waals surface area (Å²) in [4.78, 5) is 158. The summed E-state index contributed by atoms with van der Waals surface area (Å²) < 4.78 is 79.7. The highest BCUT2D eigenvalue weighted by Crippen LogP contribution is 2.59. The van der Waals surface area contributed by atoms with Gasteiger partial charge in [-0.15, -0.1) is 11.3 Å². The van der Waals surface area contributed by atoms with Gasteiger partial charge < -0.3 is 60.5 Å². The molecule has 3 aromatic carbocycles. The van der Waals surface area contributed by atoms with Crippen molar-refractivity contribution < 1.29 is 89.3 Å². The zero-order valence-corrected chi connectivity index (χ0v) is 48.3. The van der Waals surface area contributed by atoms with E-state index in [0.717, 1.165) is 48.8 Å². The second-order valence-corrected chi connectivity index (χ2v) is 24.5. The molecular weight excluding hydrogens is 1190 g/mol. The van der Waals surface area contributed by atoms with Crippen LogP contribution in [0.1, 0.15) is 100 Å². The molecule has 0 spiro atoms. The maximum atomic E-state index is 14.7. The van der Waals surface area contributed by atoms with E-state index >= 15 is 0 Å². The smallest absolute Gasteiger partial charge is 0.409 e. The number of hydrogen-bond acceptors (Lipinski definition) is 14. The van der Waals surface area contributed by atoms with Crippen molar-refractivity contribution in [1.29, 1.82) is 0 Å². The van der Waals surface area contributed by atoms with Crippen molar-refractivity contribution in [3.8, 4) is 11.8 Å². The molecule has 0 radical (unpaired) electrons. The number of carbonyl (C=O) groups excluding carboxylic acids is 10. The molecule has 9 rings (SSSR count). The lowest BCUT2D eigenvalue weighted by atomic mass is 9.91. The van der Waals surface area contributed by atoms with E-state index in [9.17, 15) is 79.9 Å². The van der Waals surface area contributed by atoms with Crippen LogP contribution >= 0.6 is 18.9 Å². The third kappa shape index (κ3) is 14.0. The van der Waals surface area contributed by atoms with Crippen molar-refractivity contribution in [3.63, 3.8) is 0 Å². The molecular formula is C57H60F4N9O15PS. The predicted octanol–water partition coefficient (Wildman–Crippen LogP) is 3.48. The number of primary amides is 1. The Balaban J connectivity index is 0.867. The van der Waals surface area contributed by atoms with Crippen LogP contribution < -0.4 is 27.0 Å². The van der Waals surface area contributed by atoms with Gasteiger partial charge in [-0.25, -0.2) is 18.4 Å². The summed E-state index contributed by atoms with van der Waals surface area (Å²) in [5.74, 6) is -1.61. The molecule has 4 aromatic rings. The highest BCUT2D eigenvalue weighted by molar-refractivity contribution is 7.52. The SMILES string of the molecule is COC(=O)N1CC[C@H]2CC[C@@H](C(=O)N[C@@H](COC(N)=O)C(=O)N[C@@H](Cc3ccc(F)c(F)c3)C(=O)N3CCC(CCC#Cc4cccc5c4CN(C4CCC(=O)NC4=O)C5=O)CC3)N2C(=O)[C@@H](NC(=O)c2cc3cc(C(F)(F)P(=O)(O)O)ccc3s2)C1. The summed E-state index contributed by atoms with van der Waals surface area (Å²) in [7, 11) is -4.84. The van der Waals surface area contributed by atoms with Crippen LogP contribution in [0, 0.1) is 29.4 Å². The van der Waals surface area contributed by atoms with Gasteiger partial charge in [0.15, 0.2) is 11.6 Å².